The Hall–Kier alpha value is -3.41. The van der Waals surface area contributed by atoms with Gasteiger partial charge in [0, 0.05) is 55.4 Å². The third-order valence-corrected chi connectivity index (χ3v) is 7.74. The van der Waals surface area contributed by atoms with Crippen LogP contribution < -0.4 is 19.9 Å². The number of nitrogens with one attached hydrogen (secondary N) is 1. The predicted octanol–water partition coefficient (Wildman–Crippen LogP) is 3.36. The molecule has 2 aromatic carbocycles. The van der Waals surface area contributed by atoms with Crippen molar-refractivity contribution in [2.24, 2.45) is 0 Å². The number of likely N-dealkylation sites (N-methyl/N-ethyl adjacent to an activating group) is 1. The summed E-state index contributed by atoms with van der Waals surface area (Å²) in [6, 6.07) is 18.1. The van der Waals surface area contributed by atoms with E-state index in [1.807, 2.05) is 0 Å². The number of aromatic nitrogens is 2. The SMILES string of the molecule is CN(C)CC1(Oc2nc3c(c(N4CCN[C@@H](CC#N)C4)n2)CCN(c2cccc4ccccc24)C3)CC1. The van der Waals surface area contributed by atoms with Crippen LogP contribution in [0.5, 0.6) is 6.01 Å². The highest BCUT2D eigenvalue weighted by molar-refractivity contribution is 5.94. The van der Waals surface area contributed by atoms with E-state index in [0.717, 1.165) is 70.0 Å². The van der Waals surface area contributed by atoms with Crippen molar-refractivity contribution in [3.8, 4) is 12.1 Å². The number of hydrogen-bond donors (Lipinski definition) is 1. The van der Waals surface area contributed by atoms with Gasteiger partial charge in [0.1, 0.15) is 11.4 Å². The lowest BCUT2D eigenvalue weighted by atomic mass is 10.0. The van der Waals surface area contributed by atoms with Crippen molar-refractivity contribution >= 4 is 22.3 Å². The molecule has 6 rings (SSSR count). The van der Waals surface area contributed by atoms with Crippen LogP contribution in [-0.2, 0) is 13.0 Å². The molecule has 1 saturated heterocycles. The Morgan fingerprint density at radius 1 is 1.11 bits per heavy atom. The number of hydrogen-bond acceptors (Lipinski definition) is 8. The monoisotopic (exact) mass is 497 g/mol. The molecule has 0 unspecified atom stereocenters. The lowest BCUT2D eigenvalue weighted by Crippen LogP contribution is -2.51. The maximum Gasteiger partial charge on any atom is 0.319 e. The summed E-state index contributed by atoms with van der Waals surface area (Å²) in [4.78, 5) is 17.0. The number of piperazine rings is 1. The van der Waals surface area contributed by atoms with E-state index in [9.17, 15) is 5.26 Å². The lowest BCUT2D eigenvalue weighted by molar-refractivity contribution is 0.126. The molecule has 1 aromatic heterocycles. The molecule has 3 aromatic rings. The predicted molar refractivity (Wildman–Crippen MR) is 146 cm³/mol. The first-order valence-electron chi connectivity index (χ1n) is 13.4. The van der Waals surface area contributed by atoms with Crippen LogP contribution in [0.1, 0.15) is 30.5 Å². The molecule has 0 spiro atoms. The van der Waals surface area contributed by atoms with Gasteiger partial charge in [-0.1, -0.05) is 36.4 Å². The molecule has 192 valence electrons. The molecule has 8 nitrogen and oxygen atoms in total. The lowest BCUT2D eigenvalue weighted by Gasteiger charge is -2.37. The van der Waals surface area contributed by atoms with E-state index < -0.39 is 0 Å². The van der Waals surface area contributed by atoms with Gasteiger partial charge in [0.05, 0.1) is 24.7 Å². The molecule has 0 bridgehead atoms. The molecule has 1 N–H and O–H groups in total. The number of ether oxygens (including phenoxy) is 1. The topological polar surface area (TPSA) is 80.5 Å². The highest BCUT2D eigenvalue weighted by atomic mass is 16.5. The average molecular weight is 498 g/mol. The molecule has 37 heavy (non-hydrogen) atoms. The van der Waals surface area contributed by atoms with Crippen molar-refractivity contribution in [1.82, 2.24) is 20.2 Å². The van der Waals surface area contributed by atoms with Crippen molar-refractivity contribution in [3.05, 3.63) is 53.7 Å². The van der Waals surface area contributed by atoms with E-state index in [1.54, 1.807) is 0 Å². The zero-order valence-corrected chi connectivity index (χ0v) is 21.8. The van der Waals surface area contributed by atoms with Crippen LogP contribution >= 0.6 is 0 Å². The first-order valence-corrected chi connectivity index (χ1v) is 13.4. The van der Waals surface area contributed by atoms with Crippen LogP contribution in [0.15, 0.2) is 42.5 Å². The van der Waals surface area contributed by atoms with E-state index in [4.69, 9.17) is 14.7 Å². The molecule has 8 heteroatoms. The van der Waals surface area contributed by atoms with Gasteiger partial charge < -0.3 is 24.8 Å². The van der Waals surface area contributed by atoms with Crippen molar-refractivity contribution in [2.75, 3.05) is 56.6 Å². The third-order valence-electron chi connectivity index (χ3n) is 7.74. The van der Waals surface area contributed by atoms with Crippen molar-refractivity contribution in [1.29, 1.82) is 5.26 Å². The summed E-state index contributed by atoms with van der Waals surface area (Å²) in [6.45, 7) is 4.98. The fraction of sp³-hybridized carbons (Fsp3) is 0.483. The van der Waals surface area contributed by atoms with Crippen LogP contribution in [0.25, 0.3) is 10.8 Å². The molecule has 1 saturated carbocycles. The summed E-state index contributed by atoms with van der Waals surface area (Å²) >= 11 is 0. The summed E-state index contributed by atoms with van der Waals surface area (Å²) in [5.74, 6) is 0.989. The molecular weight excluding hydrogens is 462 g/mol. The Labute approximate surface area is 218 Å². The number of rotatable bonds is 7. The molecule has 1 atom stereocenters. The summed E-state index contributed by atoms with van der Waals surface area (Å²) in [6.07, 6.45) is 3.43. The second-order valence-electron chi connectivity index (χ2n) is 10.9. The van der Waals surface area contributed by atoms with Crippen LogP contribution in [0, 0.1) is 11.3 Å². The minimum Gasteiger partial charge on any atom is -0.455 e. The summed E-state index contributed by atoms with van der Waals surface area (Å²) in [5.41, 5.74) is 3.33. The highest BCUT2D eigenvalue weighted by Gasteiger charge is 2.47. The Morgan fingerprint density at radius 3 is 2.76 bits per heavy atom. The molecule has 2 fully saturated rings. The fourth-order valence-corrected chi connectivity index (χ4v) is 5.85. The van der Waals surface area contributed by atoms with Gasteiger partial charge in [-0.05, 0) is 44.8 Å². The zero-order valence-electron chi connectivity index (χ0n) is 21.8. The largest absolute Gasteiger partial charge is 0.455 e. The van der Waals surface area contributed by atoms with Gasteiger partial charge in [-0.15, -0.1) is 0 Å². The standard InChI is InChI=1S/C29H35N7O/c1-34(2)20-29(12-13-29)37-28-32-25-19-35(26-9-5-7-21-6-3-4-8-23(21)26)16-11-24(25)27(33-28)36-17-15-31-22(18-36)10-14-30/h3-9,22,31H,10-13,15-20H2,1-2H3/t22-/m0/s1. The minimum absolute atomic E-state index is 0.146. The highest BCUT2D eigenvalue weighted by Crippen LogP contribution is 2.41. The van der Waals surface area contributed by atoms with E-state index in [-0.39, 0.29) is 11.6 Å². The van der Waals surface area contributed by atoms with Gasteiger partial charge >= 0.3 is 6.01 Å². The molecule has 3 heterocycles. The van der Waals surface area contributed by atoms with Crippen LogP contribution in [-0.4, -0.2) is 73.3 Å². The smallest absolute Gasteiger partial charge is 0.319 e. The average Bonchev–Trinajstić information content (AvgIpc) is 3.65. The number of anilines is 2. The molecule has 3 aliphatic rings. The molecule has 2 aliphatic heterocycles. The minimum atomic E-state index is -0.189. The first kappa shape index (κ1) is 24.0. The van der Waals surface area contributed by atoms with E-state index in [2.05, 4.69) is 82.6 Å². The molecule has 0 radical (unpaired) electrons. The van der Waals surface area contributed by atoms with Crippen molar-refractivity contribution in [3.63, 3.8) is 0 Å². The van der Waals surface area contributed by atoms with E-state index in [1.165, 1.54) is 22.0 Å². The Morgan fingerprint density at radius 2 is 1.95 bits per heavy atom. The van der Waals surface area contributed by atoms with Crippen molar-refractivity contribution in [2.45, 2.75) is 43.9 Å². The third kappa shape index (κ3) is 4.94. The van der Waals surface area contributed by atoms with Gasteiger partial charge in [0.25, 0.3) is 0 Å². The quantitative estimate of drug-likeness (QED) is 0.532. The van der Waals surface area contributed by atoms with E-state index in [0.29, 0.717) is 12.4 Å². The van der Waals surface area contributed by atoms with Gasteiger partial charge in [-0.3, -0.25) is 0 Å². The number of nitrogens with zero attached hydrogens (tertiary/aromatic N) is 6. The Bertz CT molecular complexity index is 1320. The second-order valence-corrected chi connectivity index (χ2v) is 10.9. The number of benzene rings is 2. The maximum atomic E-state index is 9.27. The molecular formula is C29H35N7O. The first-order chi connectivity index (χ1) is 18.0. The zero-order chi connectivity index (χ0) is 25.4. The summed E-state index contributed by atoms with van der Waals surface area (Å²) in [5, 5.41) is 15.3. The van der Waals surface area contributed by atoms with Crippen molar-refractivity contribution < 1.29 is 4.74 Å². The van der Waals surface area contributed by atoms with Gasteiger partial charge in [-0.25, -0.2) is 0 Å². The van der Waals surface area contributed by atoms with Crippen LogP contribution in [0.3, 0.4) is 0 Å². The Kier molecular flexibility index (Phi) is 6.35. The second kappa shape index (κ2) is 9.81. The maximum absolute atomic E-state index is 9.27. The van der Waals surface area contributed by atoms with Crippen LogP contribution in [0.4, 0.5) is 11.5 Å². The van der Waals surface area contributed by atoms with Gasteiger partial charge in [0.2, 0.25) is 0 Å². The van der Waals surface area contributed by atoms with Gasteiger partial charge in [0.15, 0.2) is 0 Å². The van der Waals surface area contributed by atoms with Gasteiger partial charge in [-0.2, -0.15) is 15.2 Å². The molecule has 0 amide bonds. The normalized spacial score (nSPS) is 20.5. The van der Waals surface area contributed by atoms with E-state index >= 15 is 0 Å². The molecule has 1 aliphatic carbocycles. The number of fused-ring (bicyclic) bond motifs is 2. The number of nitriles is 1. The fourth-order valence-electron chi connectivity index (χ4n) is 5.85. The van der Waals surface area contributed by atoms with Crippen LogP contribution in [0.2, 0.25) is 0 Å². The Balaban J connectivity index is 1.36. The summed E-state index contributed by atoms with van der Waals surface area (Å²) < 4.78 is 6.53. The summed E-state index contributed by atoms with van der Waals surface area (Å²) in [7, 11) is 4.17.